The zero-order valence-electron chi connectivity index (χ0n) is 17.6. The van der Waals surface area contributed by atoms with Gasteiger partial charge in [-0.25, -0.2) is 4.99 Å². The fourth-order valence-electron chi connectivity index (χ4n) is 4.42. The van der Waals surface area contributed by atoms with Crippen LogP contribution in [0.15, 0.2) is 96.0 Å². The summed E-state index contributed by atoms with van der Waals surface area (Å²) in [6.45, 7) is 0.0199. The quantitative estimate of drug-likeness (QED) is 0.671. The first-order valence-electron chi connectivity index (χ1n) is 10.5. The van der Waals surface area contributed by atoms with Crippen molar-refractivity contribution in [1.82, 2.24) is 9.80 Å². The molecule has 3 aromatic carbocycles. The highest BCUT2D eigenvalue weighted by molar-refractivity contribution is 5.83. The van der Waals surface area contributed by atoms with Crippen molar-refractivity contribution in [2.45, 2.75) is 24.5 Å². The molecule has 0 spiro atoms. The van der Waals surface area contributed by atoms with Crippen molar-refractivity contribution in [1.29, 1.82) is 0 Å². The number of hydrogen-bond donors (Lipinski definition) is 1. The third-order valence-electron chi connectivity index (χ3n) is 5.87. The lowest BCUT2D eigenvalue weighted by atomic mass is 9.93. The molecule has 1 heterocycles. The summed E-state index contributed by atoms with van der Waals surface area (Å²) in [5, 5.41) is 10.0. The van der Waals surface area contributed by atoms with Gasteiger partial charge >= 0.3 is 0 Å². The van der Waals surface area contributed by atoms with Crippen LogP contribution in [-0.4, -0.2) is 47.6 Å². The molecule has 0 saturated carbocycles. The topological polar surface area (TPSA) is 39.1 Å². The van der Waals surface area contributed by atoms with Gasteiger partial charge in [0.2, 0.25) is 0 Å². The summed E-state index contributed by atoms with van der Waals surface area (Å²) >= 11 is 0. The van der Waals surface area contributed by atoms with Crippen molar-refractivity contribution in [3.05, 3.63) is 108 Å². The van der Waals surface area contributed by atoms with Crippen molar-refractivity contribution in [2.24, 2.45) is 4.99 Å². The van der Waals surface area contributed by atoms with Gasteiger partial charge in [-0.15, -0.1) is 0 Å². The Balaban J connectivity index is 1.70. The smallest absolute Gasteiger partial charge is 0.197 e. The Bertz CT molecular complexity index is 906. The number of likely N-dealkylation sites (N-methyl/N-ethyl adjacent to an activating group) is 2. The molecule has 0 amide bonds. The van der Waals surface area contributed by atoms with Gasteiger partial charge in [0.05, 0.1) is 24.7 Å². The van der Waals surface area contributed by atoms with E-state index in [1.807, 2.05) is 18.2 Å². The maximum absolute atomic E-state index is 10.0. The summed E-state index contributed by atoms with van der Waals surface area (Å²) in [7, 11) is 4.21. The Hall–Kier alpha value is -3.11. The number of guanidine groups is 1. The molecule has 4 rings (SSSR count). The van der Waals surface area contributed by atoms with Gasteiger partial charge in [-0.05, 0) is 23.1 Å². The molecule has 1 aliphatic rings. The zero-order valence-corrected chi connectivity index (χ0v) is 17.6. The molecule has 0 aromatic heterocycles. The third kappa shape index (κ3) is 4.10. The summed E-state index contributed by atoms with van der Waals surface area (Å²) in [6.07, 6.45) is 0.717. The molecule has 1 N–H and O–H groups in total. The van der Waals surface area contributed by atoms with Gasteiger partial charge in [-0.1, -0.05) is 91.0 Å². The molecule has 1 saturated heterocycles. The van der Waals surface area contributed by atoms with Crippen LogP contribution in [0.4, 0.5) is 0 Å². The van der Waals surface area contributed by atoms with Gasteiger partial charge in [0.25, 0.3) is 0 Å². The molecule has 0 bridgehead atoms. The van der Waals surface area contributed by atoms with Crippen molar-refractivity contribution < 1.29 is 5.11 Å². The lowest BCUT2D eigenvalue weighted by Crippen LogP contribution is -2.32. The van der Waals surface area contributed by atoms with Crippen LogP contribution < -0.4 is 0 Å². The zero-order chi connectivity index (χ0) is 20.9. The van der Waals surface area contributed by atoms with E-state index in [9.17, 15) is 5.11 Å². The molecular formula is C26H29N3O. The number of aliphatic imine (C=N–C) groups is 1. The lowest BCUT2D eigenvalue weighted by Gasteiger charge is -2.26. The van der Waals surface area contributed by atoms with Crippen LogP contribution in [-0.2, 0) is 6.42 Å². The molecule has 30 heavy (non-hydrogen) atoms. The van der Waals surface area contributed by atoms with Crippen LogP contribution in [0.5, 0.6) is 0 Å². The van der Waals surface area contributed by atoms with E-state index in [1.54, 1.807) is 0 Å². The van der Waals surface area contributed by atoms with E-state index in [-0.39, 0.29) is 24.7 Å². The first kappa shape index (κ1) is 20.2. The summed E-state index contributed by atoms with van der Waals surface area (Å²) < 4.78 is 0. The van der Waals surface area contributed by atoms with Crippen LogP contribution in [0, 0.1) is 0 Å². The van der Waals surface area contributed by atoms with Gasteiger partial charge in [0, 0.05) is 14.1 Å². The predicted octanol–water partition coefficient (Wildman–Crippen LogP) is 4.31. The second-order valence-electron chi connectivity index (χ2n) is 7.89. The van der Waals surface area contributed by atoms with Crippen molar-refractivity contribution >= 4 is 5.96 Å². The summed E-state index contributed by atoms with van der Waals surface area (Å²) in [4.78, 5) is 9.52. The largest absolute Gasteiger partial charge is 0.394 e. The highest BCUT2D eigenvalue weighted by Crippen LogP contribution is 2.43. The minimum absolute atomic E-state index is 0.0199. The van der Waals surface area contributed by atoms with Crippen molar-refractivity contribution in [2.75, 3.05) is 20.7 Å². The van der Waals surface area contributed by atoms with Gasteiger partial charge < -0.3 is 14.9 Å². The number of benzene rings is 3. The average Bonchev–Trinajstić information content (AvgIpc) is 3.05. The first-order valence-corrected chi connectivity index (χ1v) is 10.5. The monoisotopic (exact) mass is 399 g/mol. The first-order chi connectivity index (χ1) is 14.7. The average molecular weight is 400 g/mol. The predicted molar refractivity (Wildman–Crippen MR) is 122 cm³/mol. The van der Waals surface area contributed by atoms with Crippen LogP contribution in [0.3, 0.4) is 0 Å². The number of rotatable bonds is 6. The molecule has 0 aliphatic carbocycles. The van der Waals surface area contributed by atoms with Gasteiger partial charge in [0.1, 0.15) is 0 Å². The van der Waals surface area contributed by atoms with E-state index in [4.69, 9.17) is 4.99 Å². The fourth-order valence-corrected chi connectivity index (χ4v) is 4.42. The maximum atomic E-state index is 10.0. The Morgan fingerprint density at radius 2 is 1.17 bits per heavy atom. The molecule has 3 atom stereocenters. The third-order valence-corrected chi connectivity index (χ3v) is 5.87. The van der Waals surface area contributed by atoms with Gasteiger partial charge in [-0.3, -0.25) is 0 Å². The molecule has 154 valence electrons. The molecule has 3 aromatic rings. The van der Waals surface area contributed by atoms with Crippen LogP contribution in [0.25, 0.3) is 0 Å². The van der Waals surface area contributed by atoms with E-state index < -0.39 is 0 Å². The van der Waals surface area contributed by atoms with E-state index in [2.05, 4.69) is 96.7 Å². The normalized spacial score (nSPS) is 21.2. The fraction of sp³-hybridized carbons (Fsp3) is 0.269. The standard InChI is InChI=1S/C26H29N3O/c1-28-24(21-14-8-4-9-15-21)25(22-16-10-5-11-17-22)29(2)26(28)27-23(19-30)18-20-12-6-3-7-13-20/h3-17,23-25,30H,18-19H2,1-2H3/t23-,24-,25+/m0/s1. The lowest BCUT2D eigenvalue weighted by molar-refractivity contribution is 0.264. The Morgan fingerprint density at radius 1 is 0.733 bits per heavy atom. The SMILES string of the molecule is CN1C(=N[C@H](CO)Cc2ccccc2)N(C)[C@@H](c2ccccc2)[C@H]1c1ccccc1. The van der Waals surface area contributed by atoms with Gasteiger partial charge in [0.15, 0.2) is 5.96 Å². The van der Waals surface area contributed by atoms with Crippen LogP contribution in [0.2, 0.25) is 0 Å². The van der Waals surface area contributed by atoms with E-state index in [1.165, 1.54) is 16.7 Å². The van der Waals surface area contributed by atoms with Crippen molar-refractivity contribution in [3.63, 3.8) is 0 Å². The molecule has 1 fully saturated rings. The minimum Gasteiger partial charge on any atom is -0.394 e. The molecule has 1 aliphatic heterocycles. The summed E-state index contributed by atoms with van der Waals surface area (Å²) in [5.74, 6) is 0.910. The number of aliphatic hydroxyl groups excluding tert-OH is 1. The van der Waals surface area contributed by atoms with Crippen LogP contribution in [0.1, 0.15) is 28.8 Å². The summed E-state index contributed by atoms with van der Waals surface area (Å²) in [6, 6.07) is 31.5. The van der Waals surface area contributed by atoms with Crippen LogP contribution >= 0.6 is 0 Å². The molecule has 4 nitrogen and oxygen atoms in total. The molecule has 4 heteroatoms. The second kappa shape index (κ2) is 9.14. The molecular weight excluding hydrogens is 370 g/mol. The van der Waals surface area contributed by atoms with Gasteiger partial charge in [-0.2, -0.15) is 0 Å². The second-order valence-corrected chi connectivity index (χ2v) is 7.89. The molecule has 0 unspecified atom stereocenters. The van der Waals surface area contributed by atoms with E-state index in [0.29, 0.717) is 6.42 Å². The highest BCUT2D eigenvalue weighted by atomic mass is 16.3. The van der Waals surface area contributed by atoms with E-state index >= 15 is 0 Å². The Labute approximate surface area is 179 Å². The van der Waals surface area contributed by atoms with Crippen molar-refractivity contribution in [3.8, 4) is 0 Å². The highest BCUT2D eigenvalue weighted by Gasteiger charge is 2.42. The number of hydrogen-bond acceptors (Lipinski definition) is 2. The number of nitrogens with zero attached hydrogens (tertiary/aromatic N) is 3. The maximum Gasteiger partial charge on any atom is 0.197 e. The number of aliphatic hydroxyl groups is 1. The Morgan fingerprint density at radius 3 is 1.60 bits per heavy atom. The summed E-state index contributed by atoms with van der Waals surface area (Å²) in [5.41, 5.74) is 3.70. The minimum atomic E-state index is -0.182. The molecule has 0 radical (unpaired) electrons. The Kier molecular flexibility index (Phi) is 6.15. The van der Waals surface area contributed by atoms with E-state index in [0.717, 1.165) is 5.96 Å².